The Kier molecular flexibility index (Phi) is 5.92. The molecule has 1 aliphatic carbocycles. The number of nitrogens with zero attached hydrogens (tertiary/aromatic N) is 4. The molecule has 1 unspecified atom stereocenters. The van der Waals surface area contributed by atoms with E-state index in [1.54, 1.807) is 0 Å². The summed E-state index contributed by atoms with van der Waals surface area (Å²) in [5.74, 6) is 1.20. The molecule has 0 fully saturated rings. The van der Waals surface area contributed by atoms with Crippen molar-refractivity contribution in [1.29, 1.82) is 0 Å². The summed E-state index contributed by atoms with van der Waals surface area (Å²) in [6.45, 7) is 0. The molecule has 4 heteroatoms. The van der Waals surface area contributed by atoms with E-state index in [9.17, 15) is 0 Å². The first kappa shape index (κ1) is 24.6. The van der Waals surface area contributed by atoms with Gasteiger partial charge in [0.1, 0.15) is 12.0 Å². The molecule has 7 rings (SSSR count). The molecule has 4 aromatic rings. The molecule has 2 heterocycles. The van der Waals surface area contributed by atoms with Crippen molar-refractivity contribution >= 4 is 44.3 Å². The van der Waals surface area contributed by atoms with Gasteiger partial charge in [-0.1, -0.05) is 78.9 Å². The molecule has 1 atom stereocenters. The maximum Gasteiger partial charge on any atom is 0.121 e. The number of anilines is 4. The Morgan fingerprint density at radius 3 is 2.08 bits per heavy atom. The van der Waals surface area contributed by atoms with Gasteiger partial charge in [-0.2, -0.15) is 0 Å². The van der Waals surface area contributed by atoms with Crippen LogP contribution in [0.1, 0.15) is 19.3 Å². The van der Waals surface area contributed by atoms with Gasteiger partial charge in [0.2, 0.25) is 0 Å². The van der Waals surface area contributed by atoms with Crippen LogP contribution in [-0.2, 0) is 0 Å². The summed E-state index contributed by atoms with van der Waals surface area (Å²) < 4.78 is 0. The fourth-order valence-corrected chi connectivity index (χ4v) is 6.78. The first-order chi connectivity index (χ1) is 19.5. The highest BCUT2D eigenvalue weighted by molar-refractivity contribution is 6.05. The van der Waals surface area contributed by atoms with E-state index >= 15 is 0 Å². The second kappa shape index (κ2) is 9.63. The van der Waals surface area contributed by atoms with Crippen LogP contribution in [-0.4, -0.2) is 34.4 Å². The number of hydrogen-bond acceptors (Lipinski definition) is 4. The van der Waals surface area contributed by atoms with E-state index in [4.69, 9.17) is 0 Å². The summed E-state index contributed by atoms with van der Waals surface area (Å²) in [7, 11) is 8.77. The summed E-state index contributed by atoms with van der Waals surface area (Å²) in [6, 6.07) is 26.3. The molecule has 200 valence electrons. The molecule has 4 nitrogen and oxygen atoms in total. The van der Waals surface area contributed by atoms with Crippen LogP contribution in [0.15, 0.2) is 120 Å². The van der Waals surface area contributed by atoms with E-state index in [1.165, 1.54) is 67.7 Å². The fourth-order valence-electron chi connectivity index (χ4n) is 6.78. The average Bonchev–Trinajstić information content (AvgIpc) is 3.39. The number of fused-ring (bicyclic) bond motifs is 6. The van der Waals surface area contributed by atoms with Gasteiger partial charge in [-0.25, -0.2) is 0 Å². The Morgan fingerprint density at radius 2 is 1.32 bits per heavy atom. The van der Waals surface area contributed by atoms with Gasteiger partial charge >= 0.3 is 0 Å². The number of rotatable bonds is 3. The second-order valence-corrected chi connectivity index (χ2v) is 11.3. The zero-order valence-corrected chi connectivity index (χ0v) is 23.8. The monoisotopic (exact) mass is 524 g/mol. The number of likely N-dealkylation sites (N-methyl/N-ethyl adjacent to an activating group) is 2. The van der Waals surface area contributed by atoms with E-state index in [-0.39, 0.29) is 6.17 Å². The number of allylic oxidation sites excluding steroid dienone is 6. The third-order valence-corrected chi connectivity index (χ3v) is 8.90. The van der Waals surface area contributed by atoms with Gasteiger partial charge in [0, 0.05) is 39.0 Å². The highest BCUT2D eigenvalue weighted by Crippen LogP contribution is 2.45. The Labute approximate surface area is 237 Å². The van der Waals surface area contributed by atoms with Gasteiger partial charge in [-0.15, -0.1) is 0 Å². The minimum atomic E-state index is 0.201. The topological polar surface area (TPSA) is 13.0 Å². The molecule has 0 N–H and O–H groups in total. The molecule has 0 radical (unpaired) electrons. The largest absolute Gasteiger partial charge is 0.349 e. The van der Waals surface area contributed by atoms with Crippen LogP contribution in [0, 0.1) is 0 Å². The van der Waals surface area contributed by atoms with Crippen LogP contribution in [0.4, 0.5) is 22.7 Å². The summed E-state index contributed by atoms with van der Waals surface area (Å²) in [4.78, 5) is 9.43. The SMILES string of the molecule is CN1C(=CC=C2C=C(C=CC3N(C)c4ccc5ccccc5c4N3C)CCC2)N(C)c2c1ccc1ccccc21. The first-order valence-electron chi connectivity index (χ1n) is 14.3. The van der Waals surface area contributed by atoms with Gasteiger partial charge in [0.05, 0.1) is 22.7 Å². The highest BCUT2D eigenvalue weighted by Gasteiger charge is 2.31. The number of hydrogen-bond donors (Lipinski definition) is 0. The van der Waals surface area contributed by atoms with Crippen LogP contribution >= 0.6 is 0 Å². The van der Waals surface area contributed by atoms with Gasteiger partial charge in [0.25, 0.3) is 0 Å². The molecule has 2 aliphatic heterocycles. The van der Waals surface area contributed by atoms with Crippen molar-refractivity contribution in [2.45, 2.75) is 25.4 Å². The summed E-state index contributed by atoms with van der Waals surface area (Å²) in [6.07, 6.45) is 15.3. The van der Waals surface area contributed by atoms with E-state index in [0.29, 0.717) is 0 Å². The Morgan fingerprint density at radius 1 is 0.650 bits per heavy atom. The lowest BCUT2D eigenvalue weighted by molar-refractivity contribution is 0.767. The van der Waals surface area contributed by atoms with Crippen molar-refractivity contribution in [2.75, 3.05) is 47.8 Å². The lowest BCUT2D eigenvalue weighted by atomic mass is 9.94. The van der Waals surface area contributed by atoms with Crippen LogP contribution in [0.5, 0.6) is 0 Å². The van der Waals surface area contributed by atoms with E-state index < -0.39 is 0 Å². The lowest BCUT2D eigenvalue weighted by Gasteiger charge is -2.25. The maximum absolute atomic E-state index is 2.41. The predicted molar refractivity (Wildman–Crippen MR) is 173 cm³/mol. The van der Waals surface area contributed by atoms with Gasteiger partial charge in [-0.3, -0.25) is 0 Å². The van der Waals surface area contributed by atoms with Crippen molar-refractivity contribution in [3.05, 3.63) is 120 Å². The van der Waals surface area contributed by atoms with Crippen molar-refractivity contribution in [2.24, 2.45) is 0 Å². The van der Waals surface area contributed by atoms with E-state index in [0.717, 1.165) is 12.8 Å². The molecule has 0 saturated carbocycles. The standard InChI is InChI=1S/C36H36N4/c1-37-31-20-18-27-12-5-7-14-29(27)35(31)39(3)33(37)22-16-25-10-9-11-26(24-25)17-23-34-38(2)32-21-19-28-13-6-8-15-30(28)36(32)40(34)4/h5-8,12-24,33H,9-11H2,1-4H3. The molecule has 40 heavy (non-hydrogen) atoms. The number of benzene rings is 4. The molecule has 3 aliphatic rings. The third-order valence-electron chi connectivity index (χ3n) is 8.90. The smallest absolute Gasteiger partial charge is 0.121 e. The minimum absolute atomic E-state index is 0.201. The van der Waals surface area contributed by atoms with Crippen LogP contribution in [0.25, 0.3) is 21.5 Å². The molecule has 0 bridgehead atoms. The Bertz CT molecular complexity index is 1760. The third kappa shape index (κ3) is 3.90. The van der Waals surface area contributed by atoms with Gasteiger partial charge in [-0.05, 0) is 65.5 Å². The summed E-state index contributed by atoms with van der Waals surface area (Å²) in [5, 5.41) is 5.19. The van der Waals surface area contributed by atoms with E-state index in [1.807, 2.05) is 0 Å². The minimum Gasteiger partial charge on any atom is -0.349 e. The lowest BCUT2D eigenvalue weighted by Crippen LogP contribution is -2.37. The van der Waals surface area contributed by atoms with Crippen molar-refractivity contribution < 1.29 is 0 Å². The first-order valence-corrected chi connectivity index (χ1v) is 14.3. The van der Waals surface area contributed by atoms with Crippen LogP contribution in [0.2, 0.25) is 0 Å². The molecular weight excluding hydrogens is 488 g/mol. The van der Waals surface area contributed by atoms with Gasteiger partial charge < -0.3 is 19.6 Å². The maximum atomic E-state index is 2.41. The van der Waals surface area contributed by atoms with Crippen LogP contribution < -0.4 is 19.6 Å². The zero-order valence-electron chi connectivity index (χ0n) is 23.8. The highest BCUT2D eigenvalue weighted by atomic mass is 15.4. The summed E-state index contributed by atoms with van der Waals surface area (Å²) in [5.41, 5.74) is 7.95. The van der Waals surface area contributed by atoms with Crippen molar-refractivity contribution in [3.63, 3.8) is 0 Å². The quantitative estimate of drug-likeness (QED) is 0.268. The molecule has 0 aromatic heterocycles. The fraction of sp³-hybridized carbons (Fsp3) is 0.222. The zero-order chi connectivity index (χ0) is 27.4. The normalized spacial score (nSPS) is 20.9. The molecule has 0 spiro atoms. The molecular formula is C36H36N4. The Hall–Kier alpha value is -4.44. The molecule has 4 aromatic carbocycles. The average molecular weight is 525 g/mol. The van der Waals surface area contributed by atoms with Gasteiger partial charge in [0.15, 0.2) is 0 Å². The molecule has 0 amide bonds. The van der Waals surface area contributed by atoms with E-state index in [2.05, 4.69) is 151 Å². The van der Waals surface area contributed by atoms with Crippen molar-refractivity contribution in [3.8, 4) is 0 Å². The summed E-state index contributed by atoms with van der Waals surface area (Å²) >= 11 is 0. The second-order valence-electron chi connectivity index (χ2n) is 11.3. The van der Waals surface area contributed by atoms with Crippen LogP contribution in [0.3, 0.4) is 0 Å². The Balaban J connectivity index is 1.14. The molecule has 0 saturated heterocycles. The van der Waals surface area contributed by atoms with Crippen molar-refractivity contribution in [1.82, 2.24) is 0 Å². The predicted octanol–water partition coefficient (Wildman–Crippen LogP) is 8.23.